The van der Waals surface area contributed by atoms with Crippen molar-refractivity contribution in [2.24, 2.45) is 7.05 Å². The van der Waals surface area contributed by atoms with Crippen LogP contribution < -0.4 is 5.32 Å². The van der Waals surface area contributed by atoms with Crippen molar-refractivity contribution >= 4 is 0 Å². The number of piperazine rings is 1. The lowest BCUT2D eigenvalue weighted by Crippen LogP contribution is -2.46. The molecule has 108 valence electrons. The van der Waals surface area contributed by atoms with E-state index in [2.05, 4.69) is 47.3 Å². The molecule has 2 heterocycles. The van der Waals surface area contributed by atoms with Gasteiger partial charge >= 0.3 is 0 Å². The maximum atomic E-state index is 4.44. The molecule has 0 amide bonds. The molecule has 1 aromatic rings. The molecule has 1 N–H and O–H groups in total. The fraction of sp³-hybridized carbons (Fsp3) is 0.786. The number of hydrogen-bond donors (Lipinski definition) is 1. The van der Waals surface area contributed by atoms with E-state index in [1.165, 1.54) is 18.7 Å². The standard InChI is InChI=1S/C14H27N5/c1-12-14(11-18(4)16-12)13(2)17(3)9-10-19-7-5-15-6-8-19/h11,13,15H,5-10H2,1-4H3. The topological polar surface area (TPSA) is 36.3 Å². The van der Waals surface area contributed by atoms with Gasteiger partial charge < -0.3 is 5.32 Å². The number of likely N-dealkylation sites (N-methyl/N-ethyl adjacent to an activating group) is 1. The SMILES string of the molecule is Cc1nn(C)cc1C(C)N(C)CCN1CCNCC1. The summed E-state index contributed by atoms with van der Waals surface area (Å²) in [5.41, 5.74) is 2.48. The second-order valence-corrected chi connectivity index (χ2v) is 5.59. The maximum absolute atomic E-state index is 4.44. The van der Waals surface area contributed by atoms with E-state index < -0.39 is 0 Å². The molecule has 5 nitrogen and oxygen atoms in total. The van der Waals surface area contributed by atoms with E-state index in [-0.39, 0.29) is 0 Å². The molecule has 0 radical (unpaired) electrons. The van der Waals surface area contributed by atoms with E-state index in [4.69, 9.17) is 0 Å². The Morgan fingerprint density at radius 3 is 2.68 bits per heavy atom. The molecule has 2 rings (SSSR count). The first-order valence-corrected chi connectivity index (χ1v) is 7.21. The van der Waals surface area contributed by atoms with Crippen molar-refractivity contribution in [3.63, 3.8) is 0 Å². The van der Waals surface area contributed by atoms with Gasteiger partial charge in [0.1, 0.15) is 0 Å². The lowest BCUT2D eigenvalue weighted by molar-refractivity contribution is 0.183. The number of nitrogens with one attached hydrogen (secondary N) is 1. The molecule has 5 heteroatoms. The first-order valence-electron chi connectivity index (χ1n) is 7.21. The first-order chi connectivity index (χ1) is 9.08. The highest BCUT2D eigenvalue weighted by molar-refractivity contribution is 5.19. The zero-order valence-corrected chi connectivity index (χ0v) is 12.7. The van der Waals surface area contributed by atoms with Gasteiger partial charge in [-0.1, -0.05) is 0 Å². The van der Waals surface area contributed by atoms with Gasteiger partial charge in [0.2, 0.25) is 0 Å². The molecule has 0 aliphatic carbocycles. The lowest BCUT2D eigenvalue weighted by Gasteiger charge is -2.31. The summed E-state index contributed by atoms with van der Waals surface area (Å²) in [6, 6.07) is 0.427. The molecule has 0 saturated carbocycles. The number of aromatic nitrogens is 2. The molecule has 1 aliphatic rings. The quantitative estimate of drug-likeness (QED) is 0.847. The second kappa shape index (κ2) is 6.50. The normalized spacial score (nSPS) is 19.0. The summed E-state index contributed by atoms with van der Waals surface area (Å²) in [6.07, 6.45) is 2.14. The summed E-state index contributed by atoms with van der Waals surface area (Å²) < 4.78 is 1.91. The minimum absolute atomic E-state index is 0.427. The monoisotopic (exact) mass is 265 g/mol. The minimum Gasteiger partial charge on any atom is -0.314 e. The van der Waals surface area contributed by atoms with Crippen molar-refractivity contribution in [3.05, 3.63) is 17.5 Å². The number of aryl methyl sites for hydroxylation is 2. The van der Waals surface area contributed by atoms with Crippen LogP contribution >= 0.6 is 0 Å². The van der Waals surface area contributed by atoms with Crippen LogP contribution in [0.25, 0.3) is 0 Å². The van der Waals surface area contributed by atoms with Crippen molar-refractivity contribution in [2.45, 2.75) is 19.9 Å². The Morgan fingerprint density at radius 2 is 2.11 bits per heavy atom. The Labute approximate surface area is 116 Å². The lowest BCUT2D eigenvalue weighted by atomic mass is 10.1. The van der Waals surface area contributed by atoms with Crippen LogP contribution in [-0.4, -0.2) is 65.9 Å². The second-order valence-electron chi connectivity index (χ2n) is 5.59. The molecule has 0 bridgehead atoms. The van der Waals surface area contributed by atoms with Gasteiger partial charge in [-0.25, -0.2) is 0 Å². The predicted octanol–water partition coefficient (Wildman–Crippen LogP) is 0.627. The maximum Gasteiger partial charge on any atom is 0.0641 e. The molecule has 1 saturated heterocycles. The van der Waals surface area contributed by atoms with E-state index in [0.29, 0.717) is 6.04 Å². The molecule has 19 heavy (non-hydrogen) atoms. The highest BCUT2D eigenvalue weighted by Gasteiger charge is 2.17. The van der Waals surface area contributed by atoms with Crippen LogP contribution in [0.5, 0.6) is 0 Å². The summed E-state index contributed by atoms with van der Waals surface area (Å²) in [5.74, 6) is 0. The van der Waals surface area contributed by atoms with Crippen LogP contribution in [0.4, 0.5) is 0 Å². The average Bonchev–Trinajstić information content (AvgIpc) is 2.75. The fourth-order valence-electron chi connectivity index (χ4n) is 2.69. The Bertz CT molecular complexity index is 395. The van der Waals surface area contributed by atoms with Gasteiger partial charge in [-0.15, -0.1) is 0 Å². The molecular formula is C14H27N5. The van der Waals surface area contributed by atoms with Crippen molar-refractivity contribution in [2.75, 3.05) is 46.3 Å². The summed E-state index contributed by atoms with van der Waals surface area (Å²) in [6.45, 7) is 11.2. The van der Waals surface area contributed by atoms with Gasteiger partial charge in [0, 0.05) is 64.1 Å². The van der Waals surface area contributed by atoms with Crippen molar-refractivity contribution in [3.8, 4) is 0 Å². The summed E-state index contributed by atoms with van der Waals surface area (Å²) in [7, 11) is 4.20. The van der Waals surface area contributed by atoms with Crippen LogP contribution in [0.15, 0.2) is 6.20 Å². The molecule has 1 aliphatic heterocycles. The van der Waals surface area contributed by atoms with Crippen LogP contribution in [0.3, 0.4) is 0 Å². The highest BCUT2D eigenvalue weighted by atomic mass is 15.3. The van der Waals surface area contributed by atoms with Crippen LogP contribution in [0.1, 0.15) is 24.2 Å². The molecular weight excluding hydrogens is 238 g/mol. The van der Waals surface area contributed by atoms with Gasteiger partial charge in [-0.3, -0.25) is 14.5 Å². The molecule has 0 aromatic carbocycles. The number of hydrogen-bond acceptors (Lipinski definition) is 4. The van der Waals surface area contributed by atoms with Crippen molar-refractivity contribution in [1.82, 2.24) is 24.9 Å². The van der Waals surface area contributed by atoms with Gasteiger partial charge in [-0.05, 0) is 20.9 Å². The van der Waals surface area contributed by atoms with E-state index in [1.54, 1.807) is 0 Å². The van der Waals surface area contributed by atoms with E-state index in [9.17, 15) is 0 Å². The third-order valence-corrected chi connectivity index (χ3v) is 4.14. The van der Waals surface area contributed by atoms with Crippen LogP contribution in [0, 0.1) is 6.92 Å². The Balaban J connectivity index is 1.84. The summed E-state index contributed by atoms with van der Waals surface area (Å²) >= 11 is 0. The van der Waals surface area contributed by atoms with E-state index in [0.717, 1.165) is 31.9 Å². The molecule has 1 aromatic heterocycles. The smallest absolute Gasteiger partial charge is 0.0641 e. The average molecular weight is 265 g/mol. The van der Waals surface area contributed by atoms with E-state index >= 15 is 0 Å². The fourth-order valence-corrected chi connectivity index (χ4v) is 2.69. The van der Waals surface area contributed by atoms with Crippen LogP contribution in [0.2, 0.25) is 0 Å². The van der Waals surface area contributed by atoms with E-state index in [1.807, 2.05) is 11.7 Å². The third-order valence-electron chi connectivity index (χ3n) is 4.14. The zero-order valence-electron chi connectivity index (χ0n) is 12.7. The van der Waals surface area contributed by atoms with Crippen LogP contribution in [-0.2, 0) is 7.05 Å². The number of rotatable bonds is 5. The molecule has 1 unspecified atom stereocenters. The van der Waals surface area contributed by atoms with Crippen molar-refractivity contribution in [1.29, 1.82) is 0 Å². The molecule has 0 spiro atoms. The highest BCUT2D eigenvalue weighted by Crippen LogP contribution is 2.20. The Hall–Kier alpha value is -0.910. The number of nitrogens with zero attached hydrogens (tertiary/aromatic N) is 4. The minimum atomic E-state index is 0.427. The molecule has 1 atom stereocenters. The molecule has 1 fully saturated rings. The summed E-state index contributed by atoms with van der Waals surface area (Å²) in [5, 5.41) is 7.83. The first kappa shape index (κ1) is 14.5. The summed E-state index contributed by atoms with van der Waals surface area (Å²) in [4.78, 5) is 4.96. The third kappa shape index (κ3) is 3.78. The van der Waals surface area contributed by atoms with Gasteiger partial charge in [0.05, 0.1) is 5.69 Å². The van der Waals surface area contributed by atoms with Gasteiger partial charge in [0.15, 0.2) is 0 Å². The predicted molar refractivity (Wildman–Crippen MR) is 78.3 cm³/mol. The van der Waals surface area contributed by atoms with Gasteiger partial charge in [0.25, 0.3) is 0 Å². The van der Waals surface area contributed by atoms with Crippen molar-refractivity contribution < 1.29 is 0 Å². The Morgan fingerprint density at radius 1 is 1.42 bits per heavy atom. The largest absolute Gasteiger partial charge is 0.314 e. The Kier molecular flexibility index (Phi) is 4.96. The zero-order chi connectivity index (χ0) is 13.8. The van der Waals surface area contributed by atoms with Gasteiger partial charge in [-0.2, -0.15) is 5.10 Å².